The first-order chi connectivity index (χ1) is 10.1. The van der Waals surface area contributed by atoms with Crippen LogP contribution in [0.5, 0.6) is 5.75 Å². The number of aryl methyl sites for hydroxylation is 1. The van der Waals surface area contributed by atoms with E-state index in [4.69, 9.17) is 16.3 Å². The van der Waals surface area contributed by atoms with Crippen LogP contribution in [0.4, 0.5) is 0 Å². The number of thiazole rings is 1. The molecule has 21 heavy (non-hydrogen) atoms. The second-order valence-corrected chi connectivity index (χ2v) is 5.88. The monoisotopic (exact) mass is 325 g/mol. The normalized spacial score (nSPS) is 10.6. The van der Waals surface area contributed by atoms with Crippen LogP contribution in [-0.2, 0) is 6.42 Å². The standard InChI is InChI=1S/C15H16ClNO3S/c1-3-7-20-12-6-5-9(16)8-10(12)14-17-11(4-2)13(21-14)15(18)19/h5-6,8H,3-4,7H2,1-2H3,(H,18,19). The van der Waals surface area contributed by atoms with Crippen LogP contribution >= 0.6 is 22.9 Å². The lowest BCUT2D eigenvalue weighted by molar-refractivity contribution is 0.0701. The molecule has 4 nitrogen and oxygen atoms in total. The predicted molar refractivity (Wildman–Crippen MR) is 84.7 cm³/mol. The van der Waals surface area contributed by atoms with Crippen molar-refractivity contribution in [1.29, 1.82) is 0 Å². The largest absolute Gasteiger partial charge is 0.493 e. The van der Waals surface area contributed by atoms with Gasteiger partial charge >= 0.3 is 5.97 Å². The summed E-state index contributed by atoms with van der Waals surface area (Å²) >= 11 is 7.20. The van der Waals surface area contributed by atoms with Crippen LogP contribution in [0, 0.1) is 0 Å². The molecule has 0 saturated heterocycles. The number of hydrogen-bond acceptors (Lipinski definition) is 4. The number of carboxylic acid groups (broad SMARTS) is 1. The van der Waals surface area contributed by atoms with Crippen molar-refractivity contribution in [3.05, 3.63) is 33.8 Å². The van der Waals surface area contributed by atoms with Gasteiger partial charge in [0, 0.05) is 5.02 Å². The lowest BCUT2D eigenvalue weighted by atomic mass is 10.2. The first-order valence-electron chi connectivity index (χ1n) is 6.72. The summed E-state index contributed by atoms with van der Waals surface area (Å²) in [7, 11) is 0. The van der Waals surface area contributed by atoms with Gasteiger partial charge in [-0.2, -0.15) is 0 Å². The summed E-state index contributed by atoms with van der Waals surface area (Å²) in [5.41, 5.74) is 1.33. The fraction of sp³-hybridized carbons (Fsp3) is 0.333. The third-order valence-corrected chi connectivity index (χ3v) is 4.21. The number of aromatic carboxylic acids is 1. The van der Waals surface area contributed by atoms with Gasteiger partial charge in [0.2, 0.25) is 0 Å². The molecule has 112 valence electrons. The summed E-state index contributed by atoms with van der Waals surface area (Å²) in [5.74, 6) is -0.275. The van der Waals surface area contributed by atoms with Crippen molar-refractivity contribution in [2.45, 2.75) is 26.7 Å². The van der Waals surface area contributed by atoms with Crippen LogP contribution in [-0.4, -0.2) is 22.7 Å². The van der Waals surface area contributed by atoms with Crippen molar-refractivity contribution in [1.82, 2.24) is 4.98 Å². The van der Waals surface area contributed by atoms with Crippen molar-refractivity contribution in [2.75, 3.05) is 6.61 Å². The number of nitrogens with zero attached hydrogens (tertiary/aromatic N) is 1. The minimum Gasteiger partial charge on any atom is -0.493 e. The molecule has 0 aliphatic rings. The summed E-state index contributed by atoms with van der Waals surface area (Å²) in [4.78, 5) is 16.0. The molecule has 1 aromatic carbocycles. The van der Waals surface area contributed by atoms with Gasteiger partial charge in [0.05, 0.1) is 17.9 Å². The lowest BCUT2D eigenvalue weighted by Crippen LogP contribution is -1.97. The maximum absolute atomic E-state index is 11.3. The maximum atomic E-state index is 11.3. The van der Waals surface area contributed by atoms with Crippen LogP contribution < -0.4 is 4.74 Å². The van der Waals surface area contributed by atoms with Crippen LogP contribution in [0.15, 0.2) is 18.2 Å². The molecule has 0 aliphatic heterocycles. The molecule has 0 bridgehead atoms. The Balaban J connectivity index is 2.49. The Morgan fingerprint density at radius 3 is 2.76 bits per heavy atom. The smallest absolute Gasteiger partial charge is 0.347 e. The summed E-state index contributed by atoms with van der Waals surface area (Å²) in [6.45, 7) is 4.50. The van der Waals surface area contributed by atoms with Crippen LogP contribution in [0.2, 0.25) is 5.02 Å². The van der Waals surface area contributed by atoms with E-state index in [1.807, 2.05) is 13.8 Å². The lowest BCUT2D eigenvalue weighted by Gasteiger charge is -2.09. The highest BCUT2D eigenvalue weighted by molar-refractivity contribution is 7.17. The molecule has 0 spiro atoms. The molecule has 1 aromatic heterocycles. The third kappa shape index (κ3) is 3.54. The zero-order chi connectivity index (χ0) is 15.4. The molecule has 0 fully saturated rings. The Hall–Kier alpha value is -1.59. The van der Waals surface area contributed by atoms with Crippen LogP contribution in [0.25, 0.3) is 10.6 Å². The minimum absolute atomic E-state index is 0.272. The summed E-state index contributed by atoms with van der Waals surface area (Å²) in [6.07, 6.45) is 1.46. The van der Waals surface area contributed by atoms with Gasteiger partial charge in [0.25, 0.3) is 0 Å². The molecule has 6 heteroatoms. The van der Waals surface area contributed by atoms with E-state index < -0.39 is 5.97 Å². The zero-order valence-electron chi connectivity index (χ0n) is 11.9. The first kappa shape index (κ1) is 15.8. The maximum Gasteiger partial charge on any atom is 0.347 e. The molecule has 1 N–H and O–H groups in total. The molecule has 2 aromatic rings. The van der Waals surface area contributed by atoms with E-state index in [0.29, 0.717) is 34.5 Å². The van der Waals surface area contributed by atoms with E-state index in [1.54, 1.807) is 18.2 Å². The molecule has 0 amide bonds. The fourth-order valence-electron chi connectivity index (χ4n) is 1.88. The van der Waals surface area contributed by atoms with Crippen LogP contribution in [0.1, 0.15) is 35.6 Å². The molecule has 0 atom stereocenters. The van der Waals surface area contributed by atoms with E-state index in [0.717, 1.165) is 23.3 Å². The molecular formula is C15H16ClNO3S. The summed E-state index contributed by atoms with van der Waals surface area (Å²) in [5, 5.41) is 10.4. The topological polar surface area (TPSA) is 59.4 Å². The number of rotatable bonds is 6. The van der Waals surface area contributed by atoms with Crippen molar-refractivity contribution in [3.8, 4) is 16.3 Å². The van der Waals surface area contributed by atoms with E-state index in [1.165, 1.54) is 0 Å². The molecule has 0 unspecified atom stereocenters. The number of carbonyl (C=O) groups is 1. The van der Waals surface area contributed by atoms with Gasteiger partial charge in [-0.05, 0) is 31.0 Å². The van der Waals surface area contributed by atoms with E-state index in [9.17, 15) is 9.90 Å². The zero-order valence-corrected chi connectivity index (χ0v) is 13.4. The third-order valence-electron chi connectivity index (χ3n) is 2.86. The van der Waals surface area contributed by atoms with Crippen molar-refractivity contribution in [2.24, 2.45) is 0 Å². The van der Waals surface area contributed by atoms with E-state index >= 15 is 0 Å². The Morgan fingerprint density at radius 1 is 1.43 bits per heavy atom. The molecular weight excluding hydrogens is 310 g/mol. The second-order valence-electron chi connectivity index (χ2n) is 4.44. The number of aromatic nitrogens is 1. The molecule has 0 aliphatic carbocycles. The fourth-order valence-corrected chi connectivity index (χ4v) is 3.07. The van der Waals surface area contributed by atoms with Crippen molar-refractivity contribution < 1.29 is 14.6 Å². The molecule has 2 rings (SSSR count). The van der Waals surface area contributed by atoms with E-state index in [-0.39, 0.29) is 4.88 Å². The van der Waals surface area contributed by atoms with Crippen molar-refractivity contribution >= 4 is 28.9 Å². The van der Waals surface area contributed by atoms with Gasteiger partial charge < -0.3 is 9.84 Å². The minimum atomic E-state index is -0.950. The first-order valence-corrected chi connectivity index (χ1v) is 7.92. The van der Waals surface area contributed by atoms with Crippen molar-refractivity contribution in [3.63, 3.8) is 0 Å². The molecule has 0 saturated carbocycles. The molecule has 1 heterocycles. The van der Waals surface area contributed by atoms with Crippen LogP contribution in [0.3, 0.4) is 0 Å². The highest BCUT2D eigenvalue weighted by atomic mass is 35.5. The SMILES string of the molecule is CCCOc1ccc(Cl)cc1-c1nc(CC)c(C(=O)O)s1. The Bertz CT molecular complexity index is 654. The predicted octanol–water partition coefficient (Wildman–Crippen LogP) is 4.51. The highest BCUT2D eigenvalue weighted by Crippen LogP contribution is 2.36. The number of hydrogen-bond donors (Lipinski definition) is 1. The Morgan fingerprint density at radius 2 is 2.19 bits per heavy atom. The second kappa shape index (κ2) is 6.91. The number of carboxylic acids is 1. The van der Waals surface area contributed by atoms with Gasteiger partial charge in [0.15, 0.2) is 0 Å². The van der Waals surface area contributed by atoms with Gasteiger partial charge in [-0.25, -0.2) is 9.78 Å². The van der Waals surface area contributed by atoms with Gasteiger partial charge in [-0.15, -0.1) is 11.3 Å². The summed E-state index contributed by atoms with van der Waals surface area (Å²) < 4.78 is 5.70. The number of halogens is 1. The van der Waals surface area contributed by atoms with Gasteiger partial charge in [-0.1, -0.05) is 25.4 Å². The van der Waals surface area contributed by atoms with Gasteiger partial charge in [-0.3, -0.25) is 0 Å². The van der Waals surface area contributed by atoms with E-state index in [2.05, 4.69) is 4.98 Å². The average Bonchev–Trinajstić information content (AvgIpc) is 2.90. The molecule has 0 radical (unpaired) electrons. The average molecular weight is 326 g/mol. The quantitative estimate of drug-likeness (QED) is 0.848. The van der Waals surface area contributed by atoms with Gasteiger partial charge in [0.1, 0.15) is 15.6 Å². The summed E-state index contributed by atoms with van der Waals surface area (Å²) in [6, 6.07) is 5.31. The highest BCUT2D eigenvalue weighted by Gasteiger charge is 2.19. The Kier molecular flexibility index (Phi) is 5.20. The Labute approximate surface area is 132 Å². The number of benzene rings is 1. The number of ether oxygens (including phenoxy) is 1.